The second-order valence-corrected chi connectivity index (χ2v) is 6.60. The van der Waals surface area contributed by atoms with Crippen molar-refractivity contribution in [2.24, 2.45) is 0 Å². The molecule has 1 saturated heterocycles. The Morgan fingerprint density at radius 2 is 2.27 bits per heavy atom. The molecule has 0 bridgehead atoms. The van der Waals surface area contributed by atoms with Gasteiger partial charge in [-0.2, -0.15) is 0 Å². The molecule has 1 amide bonds. The third kappa shape index (κ3) is 5.05. The molecule has 1 N–H and O–H groups in total. The van der Waals surface area contributed by atoms with Gasteiger partial charge in [0.1, 0.15) is 17.7 Å². The number of aromatic nitrogens is 3. The lowest BCUT2D eigenvalue weighted by molar-refractivity contribution is -0.124. The second kappa shape index (κ2) is 8.80. The maximum absolute atomic E-state index is 12.3. The van der Waals surface area contributed by atoms with Gasteiger partial charge >= 0.3 is 0 Å². The van der Waals surface area contributed by atoms with E-state index >= 15 is 0 Å². The summed E-state index contributed by atoms with van der Waals surface area (Å²) in [5.74, 6) is 1.71. The quantitative estimate of drug-likeness (QED) is 0.819. The van der Waals surface area contributed by atoms with E-state index in [-0.39, 0.29) is 18.1 Å². The Bertz CT molecular complexity index is 714. The summed E-state index contributed by atoms with van der Waals surface area (Å²) in [5.41, 5.74) is 0.940. The smallest absolute Gasteiger partial charge is 0.220 e. The van der Waals surface area contributed by atoms with Crippen molar-refractivity contribution >= 4 is 5.91 Å². The summed E-state index contributed by atoms with van der Waals surface area (Å²) in [7, 11) is 0. The van der Waals surface area contributed by atoms with Crippen LogP contribution in [0.4, 0.5) is 0 Å². The van der Waals surface area contributed by atoms with Crippen LogP contribution < -0.4 is 10.1 Å². The number of ether oxygens (including phenoxy) is 2. The fourth-order valence-corrected chi connectivity index (χ4v) is 3.02. The van der Waals surface area contributed by atoms with E-state index < -0.39 is 0 Å². The number of carbonyl (C=O) groups excluding carboxylic acids is 1. The highest BCUT2D eigenvalue weighted by molar-refractivity contribution is 5.76. The predicted molar refractivity (Wildman–Crippen MR) is 97.0 cm³/mol. The van der Waals surface area contributed by atoms with Crippen LogP contribution in [-0.2, 0) is 16.1 Å². The van der Waals surface area contributed by atoms with E-state index in [9.17, 15) is 4.79 Å². The zero-order chi connectivity index (χ0) is 18.4. The third-order valence-electron chi connectivity index (χ3n) is 4.55. The predicted octanol–water partition coefficient (Wildman–Crippen LogP) is 2.03. The normalized spacial score (nSPS) is 19.9. The second-order valence-electron chi connectivity index (χ2n) is 6.60. The Morgan fingerprint density at radius 3 is 3.00 bits per heavy atom. The van der Waals surface area contributed by atoms with Gasteiger partial charge in [0.25, 0.3) is 0 Å². The maximum atomic E-state index is 12.3. The molecule has 26 heavy (non-hydrogen) atoms. The Kier molecular flexibility index (Phi) is 6.22. The molecule has 0 saturated carbocycles. The van der Waals surface area contributed by atoms with Crippen molar-refractivity contribution < 1.29 is 14.3 Å². The van der Waals surface area contributed by atoms with Crippen LogP contribution in [0.3, 0.4) is 0 Å². The van der Waals surface area contributed by atoms with Gasteiger partial charge in [0.05, 0.1) is 18.8 Å². The minimum atomic E-state index is -0.201. The molecule has 3 rings (SSSR count). The largest absolute Gasteiger partial charge is 0.484 e. The highest BCUT2D eigenvalue weighted by Gasteiger charge is 2.28. The minimum Gasteiger partial charge on any atom is -0.484 e. The first-order valence-corrected chi connectivity index (χ1v) is 9.06. The highest BCUT2D eigenvalue weighted by atomic mass is 16.5. The molecular formula is C19H26N4O3. The fraction of sp³-hybridized carbons (Fsp3) is 0.526. The van der Waals surface area contributed by atoms with Gasteiger partial charge in [-0.3, -0.25) is 9.78 Å². The van der Waals surface area contributed by atoms with Crippen LogP contribution in [0.25, 0.3) is 0 Å². The summed E-state index contributed by atoms with van der Waals surface area (Å²) < 4.78 is 13.6. The van der Waals surface area contributed by atoms with Gasteiger partial charge in [0.15, 0.2) is 0 Å². The lowest BCUT2D eigenvalue weighted by Gasteiger charge is -2.32. The molecule has 140 valence electrons. The lowest BCUT2D eigenvalue weighted by Crippen LogP contribution is -2.51. The molecule has 7 heteroatoms. The molecular weight excluding hydrogens is 332 g/mol. The van der Waals surface area contributed by atoms with Crippen LogP contribution in [0, 0.1) is 13.8 Å². The van der Waals surface area contributed by atoms with Crippen LogP contribution in [0.5, 0.6) is 5.75 Å². The van der Waals surface area contributed by atoms with E-state index in [1.54, 1.807) is 12.4 Å². The van der Waals surface area contributed by atoms with E-state index in [0.29, 0.717) is 25.4 Å². The van der Waals surface area contributed by atoms with Gasteiger partial charge in [-0.05, 0) is 38.8 Å². The zero-order valence-electron chi connectivity index (χ0n) is 15.4. The molecule has 0 spiro atoms. The number of imidazole rings is 1. The first kappa shape index (κ1) is 18.4. The molecule has 1 fully saturated rings. The highest BCUT2D eigenvalue weighted by Crippen LogP contribution is 2.17. The van der Waals surface area contributed by atoms with Gasteiger partial charge in [0.2, 0.25) is 5.91 Å². The van der Waals surface area contributed by atoms with Crippen LogP contribution in [0.15, 0.2) is 30.7 Å². The van der Waals surface area contributed by atoms with E-state index in [4.69, 9.17) is 9.47 Å². The van der Waals surface area contributed by atoms with Crippen LogP contribution in [0.2, 0.25) is 0 Å². The number of pyridine rings is 1. The van der Waals surface area contributed by atoms with Crippen molar-refractivity contribution in [3.05, 3.63) is 42.2 Å². The first-order chi connectivity index (χ1) is 12.6. The number of rotatable bonds is 7. The number of nitrogens with zero attached hydrogens (tertiary/aromatic N) is 3. The summed E-state index contributed by atoms with van der Waals surface area (Å²) in [6.45, 7) is 5.78. The van der Waals surface area contributed by atoms with Crippen molar-refractivity contribution in [2.75, 3.05) is 13.2 Å². The summed E-state index contributed by atoms with van der Waals surface area (Å²) >= 11 is 0. The zero-order valence-corrected chi connectivity index (χ0v) is 15.4. The van der Waals surface area contributed by atoms with Crippen molar-refractivity contribution in [3.63, 3.8) is 0 Å². The molecule has 2 aromatic heterocycles. The number of aryl methyl sites for hydroxylation is 3. The van der Waals surface area contributed by atoms with Gasteiger partial charge in [0, 0.05) is 37.7 Å². The molecule has 0 unspecified atom stereocenters. The monoisotopic (exact) mass is 358 g/mol. The maximum Gasteiger partial charge on any atom is 0.220 e. The lowest BCUT2D eigenvalue weighted by atomic mass is 10.1. The van der Waals surface area contributed by atoms with Crippen molar-refractivity contribution in [1.82, 2.24) is 19.9 Å². The Balaban J connectivity index is 1.48. The van der Waals surface area contributed by atoms with E-state index in [0.717, 1.165) is 30.9 Å². The van der Waals surface area contributed by atoms with Crippen molar-refractivity contribution in [2.45, 2.75) is 51.8 Å². The topological polar surface area (TPSA) is 78.3 Å². The summed E-state index contributed by atoms with van der Waals surface area (Å²) in [6.07, 6.45) is 7.22. The van der Waals surface area contributed by atoms with Crippen LogP contribution in [0.1, 0.15) is 30.8 Å². The molecule has 3 heterocycles. The average molecular weight is 358 g/mol. The standard InChI is InChI=1S/C19H26N4O3/c1-14-5-6-16(12-21-14)26-18-13-25-11-7-17(18)22-19(24)4-3-9-23-10-8-20-15(23)2/h5-6,8,10,12,17-18H,3-4,7,9,11,13H2,1-2H3,(H,22,24)/t17-,18+/m1/s1. The summed E-state index contributed by atoms with van der Waals surface area (Å²) in [4.78, 5) is 20.8. The number of nitrogens with one attached hydrogen (secondary N) is 1. The fourth-order valence-electron chi connectivity index (χ4n) is 3.02. The van der Waals surface area contributed by atoms with Crippen LogP contribution >= 0.6 is 0 Å². The molecule has 2 aromatic rings. The van der Waals surface area contributed by atoms with Gasteiger partial charge in [-0.15, -0.1) is 0 Å². The van der Waals surface area contributed by atoms with Gasteiger partial charge < -0.3 is 19.4 Å². The molecule has 0 radical (unpaired) electrons. The van der Waals surface area contributed by atoms with Gasteiger partial charge in [-0.25, -0.2) is 4.98 Å². The number of amides is 1. The van der Waals surface area contributed by atoms with E-state index in [1.807, 2.05) is 32.2 Å². The number of hydrogen-bond acceptors (Lipinski definition) is 5. The first-order valence-electron chi connectivity index (χ1n) is 9.06. The summed E-state index contributed by atoms with van der Waals surface area (Å²) in [5, 5.41) is 3.11. The van der Waals surface area contributed by atoms with E-state index in [1.165, 1.54) is 0 Å². The molecule has 7 nitrogen and oxygen atoms in total. The average Bonchev–Trinajstić information content (AvgIpc) is 3.04. The Morgan fingerprint density at radius 1 is 1.38 bits per heavy atom. The summed E-state index contributed by atoms with van der Waals surface area (Å²) in [6, 6.07) is 3.75. The minimum absolute atomic E-state index is 0.0466. The Labute approximate surface area is 153 Å². The van der Waals surface area contributed by atoms with Crippen LogP contribution in [-0.4, -0.2) is 45.8 Å². The van der Waals surface area contributed by atoms with E-state index in [2.05, 4.69) is 19.9 Å². The number of carbonyl (C=O) groups is 1. The Hall–Kier alpha value is -2.41. The SMILES string of the molecule is Cc1ccc(O[C@H]2COCC[C@H]2NC(=O)CCCn2ccnc2C)cn1. The van der Waals surface area contributed by atoms with Gasteiger partial charge in [-0.1, -0.05) is 0 Å². The van der Waals surface area contributed by atoms with Crippen molar-refractivity contribution in [3.8, 4) is 5.75 Å². The molecule has 1 aliphatic rings. The molecule has 2 atom stereocenters. The molecule has 0 aliphatic carbocycles. The molecule has 1 aliphatic heterocycles. The third-order valence-corrected chi connectivity index (χ3v) is 4.55. The number of hydrogen-bond donors (Lipinski definition) is 1. The molecule has 0 aromatic carbocycles. The van der Waals surface area contributed by atoms with Crippen molar-refractivity contribution in [1.29, 1.82) is 0 Å².